The third kappa shape index (κ3) is 3.58. The number of thiol groups is 1. The first-order chi connectivity index (χ1) is 13.1. The second kappa shape index (κ2) is 7.73. The standard InChI is InChI=1S/C24H31NS2Si/c1-9-18(12-15(2)26)24-23(21-13-16(3)27-17(21)4)20-11-10-19(25(5)6)14-22(20)28(24,7)8/h9-14,26H,1-8H3/b15-12-,18-9-. The van der Waals surface area contributed by atoms with Gasteiger partial charge >= 0.3 is 0 Å². The average molecular weight is 426 g/mol. The molecule has 3 rings (SSSR count). The molecule has 1 aromatic carbocycles. The molecule has 0 N–H and O–H groups in total. The van der Waals surface area contributed by atoms with E-state index >= 15 is 0 Å². The number of aryl methyl sites for hydroxylation is 2. The third-order valence-electron chi connectivity index (χ3n) is 5.61. The molecule has 1 nitrogen and oxygen atoms in total. The zero-order valence-corrected chi connectivity index (χ0v) is 21.0. The molecule has 0 radical (unpaired) electrons. The van der Waals surface area contributed by atoms with Gasteiger partial charge in [0.25, 0.3) is 0 Å². The minimum absolute atomic E-state index is 1.05. The van der Waals surface area contributed by atoms with Crippen molar-refractivity contribution in [3.63, 3.8) is 0 Å². The Morgan fingerprint density at radius 3 is 2.29 bits per heavy atom. The molecule has 1 aliphatic rings. The van der Waals surface area contributed by atoms with Gasteiger partial charge in [-0.05, 0) is 89.5 Å². The average Bonchev–Trinajstić information content (AvgIpc) is 3.05. The van der Waals surface area contributed by atoms with Crippen molar-refractivity contribution in [3.8, 4) is 0 Å². The molecule has 4 heteroatoms. The molecule has 1 aromatic heterocycles. The molecule has 0 fully saturated rings. The van der Waals surface area contributed by atoms with Crippen LogP contribution in [0.15, 0.2) is 52.1 Å². The zero-order valence-electron chi connectivity index (χ0n) is 18.3. The largest absolute Gasteiger partial charge is 0.378 e. The van der Waals surface area contributed by atoms with E-state index in [2.05, 4.69) is 109 Å². The molecule has 0 unspecified atom stereocenters. The highest BCUT2D eigenvalue weighted by atomic mass is 32.1. The zero-order chi connectivity index (χ0) is 20.8. The van der Waals surface area contributed by atoms with Gasteiger partial charge in [-0.15, -0.1) is 24.0 Å². The fourth-order valence-electron chi connectivity index (χ4n) is 4.32. The van der Waals surface area contributed by atoms with Crippen LogP contribution < -0.4 is 10.1 Å². The van der Waals surface area contributed by atoms with Crippen LogP contribution in [-0.2, 0) is 0 Å². The van der Waals surface area contributed by atoms with Crippen LogP contribution in [0.3, 0.4) is 0 Å². The van der Waals surface area contributed by atoms with Crippen molar-refractivity contribution in [2.75, 3.05) is 19.0 Å². The van der Waals surface area contributed by atoms with Crippen LogP contribution >= 0.6 is 24.0 Å². The summed E-state index contributed by atoms with van der Waals surface area (Å²) >= 11 is 6.49. The third-order valence-corrected chi connectivity index (χ3v) is 10.3. The Bertz CT molecular complexity index is 1020. The minimum Gasteiger partial charge on any atom is -0.378 e. The molecule has 2 heterocycles. The first-order valence-electron chi connectivity index (χ1n) is 9.76. The molecule has 2 aromatic rings. The van der Waals surface area contributed by atoms with Crippen molar-refractivity contribution in [2.24, 2.45) is 0 Å². The Morgan fingerprint density at radius 2 is 1.79 bits per heavy atom. The molecule has 0 amide bonds. The van der Waals surface area contributed by atoms with Gasteiger partial charge in [0.15, 0.2) is 0 Å². The second-order valence-corrected chi connectivity index (χ2v) is 14.8. The second-order valence-electron chi connectivity index (χ2n) is 8.36. The molecule has 28 heavy (non-hydrogen) atoms. The summed E-state index contributed by atoms with van der Waals surface area (Å²) in [5.41, 5.74) is 6.87. The predicted octanol–water partition coefficient (Wildman–Crippen LogP) is 6.48. The molecular formula is C24H31NS2Si. The number of benzene rings is 1. The quantitative estimate of drug-likeness (QED) is 0.333. The summed E-state index contributed by atoms with van der Waals surface area (Å²) in [7, 11) is 2.38. The van der Waals surface area contributed by atoms with Crippen molar-refractivity contribution < 1.29 is 0 Å². The first-order valence-corrected chi connectivity index (χ1v) is 14.0. The van der Waals surface area contributed by atoms with Crippen LogP contribution in [0, 0.1) is 13.8 Å². The highest BCUT2D eigenvalue weighted by Crippen LogP contribution is 2.45. The Kier molecular flexibility index (Phi) is 5.86. The van der Waals surface area contributed by atoms with Crippen molar-refractivity contribution >= 4 is 48.5 Å². The van der Waals surface area contributed by atoms with E-state index in [0.29, 0.717) is 0 Å². The van der Waals surface area contributed by atoms with Crippen LogP contribution in [0.5, 0.6) is 0 Å². The van der Waals surface area contributed by atoms with E-state index in [-0.39, 0.29) is 0 Å². The number of fused-ring (bicyclic) bond motifs is 1. The van der Waals surface area contributed by atoms with Crippen LogP contribution in [0.1, 0.15) is 34.7 Å². The van der Waals surface area contributed by atoms with Crippen LogP contribution in [0.4, 0.5) is 5.69 Å². The Morgan fingerprint density at radius 1 is 1.11 bits per heavy atom. The lowest BCUT2D eigenvalue weighted by Gasteiger charge is -2.25. The van der Waals surface area contributed by atoms with E-state index in [4.69, 9.17) is 0 Å². The molecule has 148 valence electrons. The van der Waals surface area contributed by atoms with Crippen molar-refractivity contribution in [1.82, 2.24) is 0 Å². The van der Waals surface area contributed by atoms with Gasteiger partial charge in [-0.3, -0.25) is 0 Å². The van der Waals surface area contributed by atoms with Gasteiger partial charge in [0.2, 0.25) is 0 Å². The number of nitrogens with zero attached hydrogens (tertiary/aromatic N) is 1. The molecular weight excluding hydrogens is 394 g/mol. The topological polar surface area (TPSA) is 3.24 Å². The molecule has 0 saturated heterocycles. The lowest BCUT2D eigenvalue weighted by atomic mass is 9.95. The van der Waals surface area contributed by atoms with E-state index in [1.165, 1.54) is 48.1 Å². The Labute approximate surface area is 180 Å². The summed E-state index contributed by atoms with van der Waals surface area (Å²) in [6.45, 7) is 13.7. The van der Waals surface area contributed by atoms with Crippen molar-refractivity contribution in [1.29, 1.82) is 0 Å². The van der Waals surface area contributed by atoms with Crippen LogP contribution in [0.25, 0.3) is 5.57 Å². The van der Waals surface area contributed by atoms with Crippen molar-refractivity contribution in [3.05, 3.63) is 73.0 Å². The maximum atomic E-state index is 4.60. The molecule has 0 saturated carbocycles. The number of hydrogen-bond donors (Lipinski definition) is 1. The van der Waals surface area contributed by atoms with Gasteiger partial charge < -0.3 is 4.90 Å². The number of hydrogen-bond acceptors (Lipinski definition) is 3. The summed E-state index contributed by atoms with van der Waals surface area (Å²) in [6, 6.07) is 9.40. The molecule has 0 bridgehead atoms. The molecule has 0 atom stereocenters. The van der Waals surface area contributed by atoms with E-state index in [0.717, 1.165) is 4.91 Å². The number of thiophene rings is 1. The SMILES string of the molecule is C/C=C(/C=C(/C)S)C1=C(c2cc(C)sc2C)c2ccc(N(C)C)cc2[Si]1(C)C. The monoisotopic (exact) mass is 425 g/mol. The Balaban J connectivity index is 2.40. The van der Waals surface area contributed by atoms with Crippen LogP contribution in [-0.4, -0.2) is 22.2 Å². The van der Waals surface area contributed by atoms with Crippen LogP contribution in [0.2, 0.25) is 13.1 Å². The fraction of sp³-hybridized carbons (Fsp3) is 0.333. The van der Waals surface area contributed by atoms with Gasteiger partial charge in [0.05, 0.1) is 0 Å². The maximum absolute atomic E-state index is 4.60. The van der Waals surface area contributed by atoms with E-state index < -0.39 is 8.07 Å². The van der Waals surface area contributed by atoms with E-state index in [1.807, 2.05) is 11.3 Å². The summed E-state index contributed by atoms with van der Waals surface area (Å²) < 4.78 is 0. The summed E-state index contributed by atoms with van der Waals surface area (Å²) in [6.07, 6.45) is 4.50. The number of allylic oxidation sites excluding steroid dienone is 5. The molecule has 1 aliphatic heterocycles. The number of rotatable bonds is 4. The fourth-order valence-corrected chi connectivity index (χ4v) is 8.88. The summed E-state index contributed by atoms with van der Waals surface area (Å²) in [4.78, 5) is 6.03. The summed E-state index contributed by atoms with van der Waals surface area (Å²) in [5.74, 6) is 0. The molecule has 0 spiro atoms. The predicted molar refractivity (Wildman–Crippen MR) is 134 cm³/mol. The van der Waals surface area contributed by atoms with Gasteiger partial charge in [-0.2, -0.15) is 0 Å². The van der Waals surface area contributed by atoms with E-state index in [1.54, 1.807) is 0 Å². The lowest BCUT2D eigenvalue weighted by molar-refractivity contribution is 1.13. The number of anilines is 1. The van der Waals surface area contributed by atoms with Gasteiger partial charge in [0.1, 0.15) is 8.07 Å². The van der Waals surface area contributed by atoms with E-state index in [9.17, 15) is 0 Å². The van der Waals surface area contributed by atoms with Gasteiger partial charge in [-0.25, -0.2) is 0 Å². The smallest absolute Gasteiger partial charge is 0.114 e. The Hall–Kier alpha value is -1.49. The maximum Gasteiger partial charge on any atom is 0.114 e. The van der Waals surface area contributed by atoms with Crippen molar-refractivity contribution in [2.45, 2.75) is 40.8 Å². The highest BCUT2D eigenvalue weighted by Gasteiger charge is 2.41. The highest BCUT2D eigenvalue weighted by molar-refractivity contribution is 7.84. The summed E-state index contributed by atoms with van der Waals surface area (Å²) in [5, 5.41) is 3.08. The van der Waals surface area contributed by atoms with Gasteiger partial charge in [0, 0.05) is 29.5 Å². The normalized spacial score (nSPS) is 16.6. The van der Waals surface area contributed by atoms with Gasteiger partial charge in [-0.1, -0.05) is 25.2 Å². The minimum atomic E-state index is -1.87. The molecule has 0 aliphatic carbocycles. The lowest BCUT2D eigenvalue weighted by Crippen LogP contribution is -2.42. The first kappa shape index (κ1) is 21.2.